The maximum Gasteiger partial charge on any atom is 0.364 e. The fraction of sp³-hybridized carbons (Fsp3) is 0.940. The number of carboxylic acid groups (broad SMARTS) is 1. The van der Waals surface area contributed by atoms with E-state index in [0.717, 1.165) is 27.7 Å². The molecule has 2 unspecified atom stereocenters. The highest BCUT2D eigenvalue weighted by Gasteiger charge is 2.65. The van der Waals surface area contributed by atoms with Crippen LogP contribution in [0.15, 0.2) is 0 Å². The van der Waals surface area contributed by atoms with Gasteiger partial charge in [0, 0.05) is 34.1 Å². The second-order valence-electron chi connectivity index (χ2n) is 38.0. The van der Waals surface area contributed by atoms with Gasteiger partial charge >= 0.3 is 5.97 Å². The van der Waals surface area contributed by atoms with E-state index in [2.05, 4.69) is 21.3 Å². The van der Waals surface area contributed by atoms with Crippen LogP contribution >= 0.6 is 0 Å². The van der Waals surface area contributed by atoms with Crippen molar-refractivity contribution in [1.29, 1.82) is 0 Å². The lowest BCUT2D eigenvalue weighted by atomic mass is 9.88. The molecule has 0 aromatic carbocycles. The lowest BCUT2D eigenvalue weighted by molar-refractivity contribution is -0.402. The molecule has 0 saturated carbocycles. The third-order valence-corrected chi connectivity index (χ3v) is 27.5. The van der Waals surface area contributed by atoms with Crippen LogP contribution in [0, 0.1) is 0 Å². The number of amides is 4. The van der Waals surface area contributed by atoms with E-state index in [-0.39, 0.29) is 0 Å². The molecule has 12 rings (SSSR count). The number of nitrogens with one attached hydrogen (secondary N) is 4. The first-order valence-electron chi connectivity index (χ1n) is 47.4. The number of aliphatic hydroxyl groups is 32. The summed E-state index contributed by atoms with van der Waals surface area (Å²) >= 11 is 0. The molecule has 4 amide bonds. The maximum atomic E-state index is 13.9. The van der Waals surface area contributed by atoms with Crippen molar-refractivity contribution in [1.82, 2.24) is 21.3 Å². The van der Waals surface area contributed by atoms with Gasteiger partial charge in [-0.15, -0.1) is 0 Å². The zero-order valence-electron chi connectivity index (χ0n) is 79.9. The van der Waals surface area contributed by atoms with E-state index in [0.29, 0.717) is 0 Å². The van der Waals surface area contributed by atoms with Crippen molar-refractivity contribution < 1.29 is 301 Å². The molecule has 61 atom stereocenters. The van der Waals surface area contributed by atoms with Crippen LogP contribution in [0.3, 0.4) is 0 Å². The van der Waals surface area contributed by atoms with Crippen LogP contribution in [-0.2, 0) is 133 Å². The first kappa shape index (κ1) is 122. The quantitative estimate of drug-likeness (QED) is 0.0273. The lowest BCUT2D eigenvalue weighted by Crippen LogP contribution is -2.72. The molecule has 0 aliphatic carbocycles. The van der Waals surface area contributed by atoms with Gasteiger partial charge in [0.25, 0.3) is 5.79 Å². The normalized spacial score (nSPS) is 49.8. The number of rotatable bonds is 38. The Morgan fingerprint density at radius 1 is 0.291 bits per heavy atom. The Morgan fingerprint density at radius 3 is 1.05 bits per heavy atom. The summed E-state index contributed by atoms with van der Waals surface area (Å²) in [5.41, 5.74) is 0. The molecule has 0 spiro atoms. The second kappa shape index (κ2) is 52.1. The predicted octanol–water partition coefficient (Wildman–Crippen LogP) is -24.3. The summed E-state index contributed by atoms with van der Waals surface area (Å²) in [7, 11) is 0. The summed E-state index contributed by atoms with van der Waals surface area (Å²) in [4.78, 5) is 66.2. The van der Waals surface area contributed by atoms with Gasteiger partial charge in [-0.05, 0) is 20.8 Å². The van der Waals surface area contributed by atoms with Crippen molar-refractivity contribution in [2.24, 2.45) is 0 Å². The topological polar surface area (TPSA) is 1010 Å². The van der Waals surface area contributed by atoms with Crippen molar-refractivity contribution in [3.05, 3.63) is 0 Å². The predicted molar refractivity (Wildman–Crippen MR) is 454 cm³/mol. The average Bonchev–Trinajstić information content (AvgIpc) is 0.734. The molecule has 65 nitrogen and oxygen atoms in total. The molecule has 12 fully saturated rings. The van der Waals surface area contributed by atoms with E-state index in [9.17, 15) is 192 Å². The Kier molecular flexibility index (Phi) is 42.9. The van der Waals surface area contributed by atoms with E-state index < -0.39 is 469 Å². The van der Waals surface area contributed by atoms with Gasteiger partial charge in [-0.3, -0.25) is 19.2 Å². The number of aliphatic carboxylic acids is 1. The smallest absolute Gasteiger partial charge is 0.364 e. The third-order valence-electron chi connectivity index (χ3n) is 27.5. The van der Waals surface area contributed by atoms with Crippen molar-refractivity contribution in [2.45, 2.75) is 429 Å². The summed E-state index contributed by atoms with van der Waals surface area (Å²) in [5.74, 6) is -9.25. The first-order valence-corrected chi connectivity index (χ1v) is 47.4. The van der Waals surface area contributed by atoms with Crippen LogP contribution in [0.25, 0.3) is 0 Å². The molecule has 12 aliphatic rings. The van der Waals surface area contributed by atoms with Crippen molar-refractivity contribution in [3.63, 3.8) is 0 Å². The van der Waals surface area contributed by atoms with Gasteiger partial charge < -0.3 is 299 Å². The van der Waals surface area contributed by atoms with E-state index in [1.54, 1.807) is 0 Å². The maximum absolute atomic E-state index is 13.9. The van der Waals surface area contributed by atoms with Crippen LogP contribution in [0.2, 0.25) is 0 Å². The highest BCUT2D eigenvalue weighted by atomic mass is 16.8. The van der Waals surface area contributed by atoms with E-state index in [1.807, 2.05) is 0 Å². The minimum absolute atomic E-state index is 0.858. The molecule has 12 aliphatic heterocycles. The second-order valence-corrected chi connectivity index (χ2v) is 38.0. The van der Waals surface area contributed by atoms with Gasteiger partial charge in [0.2, 0.25) is 23.6 Å². The Hall–Kier alpha value is -4.85. The number of carbonyl (C=O) groups is 5. The van der Waals surface area contributed by atoms with Crippen LogP contribution in [0.4, 0.5) is 0 Å². The summed E-state index contributed by atoms with van der Waals surface area (Å²) in [6.45, 7) is -3.97. The van der Waals surface area contributed by atoms with Crippen molar-refractivity contribution >= 4 is 29.6 Å². The number of carbonyl (C=O) groups excluding carboxylic acids is 4. The standard InChI is InChI=1S/C83H138N4O61/c1-18-39(101)48(110)55(117)75(128-18)143-66-37(86-23(6)97)72(134-31(14-93)63(66)141-79-59(121)68(45(107)28(11-90)132-79)146-74-38(87-24(7)98)67(144-76-56(118)49(111)40(102)19(2)129-76)64(32(15-94)136-74)142-81-70(52(114)43(105)27(10-89)133-81)147-77-57(119)50(112)41(103)20(3)130-77)126-16-33-46(108)69(60(122)80(137-33)140-62-29(12-91)131-71(123)54(116)53(62)115)145-73-36(85-22(5)96)47(109)61(30(13-92)135-73)139-78-58(120)51(113)44(106)34(138-78)17-127-83(82(124)125)8-25(99)35(84-21(4)95)65(148-83)42(104)26(100)9-88/h18-20,25-81,88-94,99-123H,8-17H2,1-7H3,(H,84,95)(H,85,96)(H,86,97)(H,87,98)(H,124,125)/t18-,19-,20-,25-,26+,27+,28+,29+,30+,31+,32+,33+,34+,35+,36+,37+,38+,39+,40+,41+,42+,43-,44-,45-,46-,47+,48+,49+,50+,51-,52-,53+,54+,55-,56-,57-,58+,59+,60+,61+,62+,63+,64+,65+,66+,67+,68-,69-,70+,71?,72+,73-,74-,75-,76-,77-,78-,79?,80-,81-,83+/m0/s1. The summed E-state index contributed by atoms with van der Waals surface area (Å²) < 4.78 is 139. The van der Waals surface area contributed by atoms with Gasteiger partial charge in [-0.2, -0.15) is 0 Å². The van der Waals surface area contributed by atoms with Gasteiger partial charge in [-0.1, -0.05) is 0 Å². The molecule has 148 heavy (non-hydrogen) atoms. The Balaban J connectivity index is 0.841. The zero-order valence-corrected chi connectivity index (χ0v) is 79.9. The fourth-order valence-corrected chi connectivity index (χ4v) is 19.3. The Bertz CT molecular complexity index is 4190. The van der Waals surface area contributed by atoms with E-state index >= 15 is 0 Å². The molecule has 856 valence electrons. The van der Waals surface area contributed by atoms with Crippen LogP contribution in [0.5, 0.6) is 0 Å². The molecular weight excluding hydrogens is 2030 g/mol. The largest absolute Gasteiger partial charge is 0.477 e. The molecule has 0 bridgehead atoms. The molecule has 0 radical (unpaired) electrons. The Morgan fingerprint density at radius 2 is 0.601 bits per heavy atom. The third kappa shape index (κ3) is 26.4. The lowest BCUT2D eigenvalue weighted by Gasteiger charge is -2.52. The first-order chi connectivity index (χ1) is 69.7. The molecule has 65 heteroatoms. The van der Waals surface area contributed by atoms with Gasteiger partial charge in [0.1, 0.15) is 268 Å². The minimum atomic E-state index is -3.12. The van der Waals surface area contributed by atoms with Crippen molar-refractivity contribution in [3.8, 4) is 0 Å². The monoisotopic (exact) mass is 2170 g/mol. The van der Waals surface area contributed by atoms with Crippen LogP contribution in [0.1, 0.15) is 54.9 Å². The molecule has 12 heterocycles. The molecule has 0 aromatic rings. The number of carboxylic acids is 1. The summed E-state index contributed by atoms with van der Waals surface area (Å²) in [6, 6.07) is -8.06. The average molecular weight is 2170 g/mol. The summed E-state index contributed by atoms with van der Waals surface area (Å²) in [5, 5.41) is 381. The zero-order chi connectivity index (χ0) is 109. The van der Waals surface area contributed by atoms with Gasteiger partial charge in [0.15, 0.2) is 69.2 Å². The SMILES string of the molecule is CC(=O)N[C@H]1[C@H](O[C@H]2[C@@H](O)[C@@H](CO[C@@H]3O[C@H](CO)[C@@H](OC4O[C@H](CO)[C@H](O)[C@H](O[C@@H]5O[C@H](CO)[C@@H](O[C@@H]6O[C@H](CO)[C@H](O)[C@H](O)[C@H]6O[C@@H]6O[C@@H](C)[C@@H](O)[C@@H](O)[C@@H]6O)[C@H](O[C@@H]6O[C@@H](C)[C@@H](O)[C@@H](O)[C@@H]6O)[C@H]5NC(C)=O)[C@H]4O)[C@H](O[C@@H]4O[C@@H](C)[C@@H](O)[C@@H](O)[C@@H]4O)[C@H]3NC(C)=O)O[C@@H](O[C@H]3[C@H](O)[C@@H](O)C(O)O[C@@H]3CO)[C@@H]2O)O[C@H](CO)[C@@H](O[C@@H]2O[C@H](CO[C@]3(C(=O)O)C[C@H](O)[C@@H](NC(C)=O)[C@H]([C@H](O)[C@H](O)CO)O3)[C@H](O)[C@H](O)[C@H]2O)[C@@H]1O. The fourth-order valence-electron chi connectivity index (χ4n) is 19.3. The number of hydrogen-bond donors (Lipinski definition) is 37. The highest BCUT2D eigenvalue weighted by Crippen LogP contribution is 2.44. The van der Waals surface area contributed by atoms with Crippen LogP contribution in [-0.4, -0.2) is 631 Å². The van der Waals surface area contributed by atoms with Crippen molar-refractivity contribution in [2.75, 3.05) is 59.5 Å². The molecular formula is C83H138N4O61. The minimum Gasteiger partial charge on any atom is -0.477 e. The highest BCUT2D eigenvalue weighted by molar-refractivity contribution is 5.77. The number of hydrogen-bond acceptors (Lipinski definition) is 60. The molecule has 0 aromatic heterocycles. The molecule has 12 saturated heterocycles. The van der Waals surface area contributed by atoms with Crippen LogP contribution < -0.4 is 21.3 Å². The summed E-state index contributed by atoms with van der Waals surface area (Å²) in [6.07, 6.45) is -122. The number of ether oxygens (including phenoxy) is 23. The van der Waals surface area contributed by atoms with E-state index in [4.69, 9.17) is 109 Å². The van der Waals surface area contributed by atoms with E-state index in [1.165, 1.54) is 20.8 Å². The Labute approximate surface area is 837 Å². The number of aliphatic hydroxyl groups excluding tert-OH is 32. The van der Waals surface area contributed by atoms with Gasteiger partial charge in [-0.25, -0.2) is 4.79 Å². The van der Waals surface area contributed by atoms with Gasteiger partial charge in [0.05, 0.1) is 89.9 Å². The molecule has 37 N–H and O–H groups in total.